The molecule has 0 radical (unpaired) electrons. The highest BCUT2D eigenvalue weighted by Gasteiger charge is 2.35. The van der Waals surface area contributed by atoms with Gasteiger partial charge in [-0.1, -0.05) is 32.4 Å². The van der Waals surface area contributed by atoms with Crippen molar-refractivity contribution in [3.8, 4) is 22.8 Å². The van der Waals surface area contributed by atoms with Crippen LogP contribution in [0.5, 0.6) is 11.5 Å². The molecule has 1 aliphatic rings. The van der Waals surface area contributed by atoms with Gasteiger partial charge in [0.05, 0.1) is 40.9 Å². The number of rotatable bonds is 12. The first kappa shape index (κ1) is 36.8. The Labute approximate surface area is 290 Å². The van der Waals surface area contributed by atoms with Crippen molar-refractivity contribution in [1.82, 2.24) is 10.3 Å². The third-order valence-corrected chi connectivity index (χ3v) is 9.31. The van der Waals surface area contributed by atoms with E-state index in [1.165, 1.54) is 24.5 Å². The van der Waals surface area contributed by atoms with E-state index in [2.05, 4.69) is 10.3 Å². The second-order valence-corrected chi connectivity index (χ2v) is 13.1. The summed E-state index contributed by atoms with van der Waals surface area (Å²) in [5, 5.41) is 4.99. The van der Waals surface area contributed by atoms with Crippen LogP contribution in [0.3, 0.4) is 0 Å². The number of aliphatic imine (C=N–C) groups is 1. The molecule has 7 nitrogen and oxygen atoms in total. The molecule has 1 amide bonds. The lowest BCUT2D eigenvalue weighted by Crippen LogP contribution is -2.40. The zero-order valence-electron chi connectivity index (χ0n) is 28.5. The van der Waals surface area contributed by atoms with E-state index >= 15 is 4.39 Å². The quantitative estimate of drug-likeness (QED) is 0.114. The molecule has 0 bridgehead atoms. The summed E-state index contributed by atoms with van der Waals surface area (Å²) in [5.41, 5.74) is 9.59. The van der Waals surface area contributed by atoms with Crippen molar-refractivity contribution >= 4 is 40.7 Å². The predicted octanol–water partition coefficient (Wildman–Crippen LogP) is 8.95. The van der Waals surface area contributed by atoms with E-state index in [1.807, 2.05) is 52.1 Å². The number of thiophene rings is 1. The van der Waals surface area contributed by atoms with Crippen LogP contribution in [0.4, 0.5) is 14.5 Å². The Morgan fingerprint density at radius 2 is 1.90 bits per heavy atom. The lowest BCUT2D eigenvalue weighted by molar-refractivity contribution is 0.0946. The SMILES string of the molecule is CC.CCOc1c(CC)cc(C(C)(CNC(=O)c2cc(C=NC3CC3)c(N)c(OC)c2)c2csc(Cl)c2)nc1-c1cc(C)c(F)cc1F. The number of benzene rings is 2. The number of methoxy groups -OCH3 is 1. The number of amides is 1. The minimum absolute atomic E-state index is 0.117. The van der Waals surface area contributed by atoms with E-state index in [-0.39, 0.29) is 35.3 Å². The van der Waals surface area contributed by atoms with Gasteiger partial charge in [-0.3, -0.25) is 9.79 Å². The van der Waals surface area contributed by atoms with Gasteiger partial charge in [0, 0.05) is 35.5 Å². The molecule has 256 valence electrons. The minimum atomic E-state index is -0.914. The Morgan fingerprint density at radius 1 is 1.17 bits per heavy atom. The van der Waals surface area contributed by atoms with E-state index in [0.717, 1.165) is 30.0 Å². The first-order chi connectivity index (χ1) is 23.0. The van der Waals surface area contributed by atoms with Crippen molar-refractivity contribution in [2.24, 2.45) is 4.99 Å². The zero-order valence-corrected chi connectivity index (χ0v) is 30.0. The molecule has 48 heavy (non-hydrogen) atoms. The topological polar surface area (TPSA) is 98.8 Å². The van der Waals surface area contributed by atoms with Crippen LogP contribution in [-0.4, -0.2) is 43.4 Å². The Hall–Kier alpha value is -4.02. The number of nitrogen functional groups attached to an aromatic ring is 1. The van der Waals surface area contributed by atoms with Crippen LogP contribution in [0.25, 0.3) is 11.3 Å². The van der Waals surface area contributed by atoms with Crippen molar-refractivity contribution in [1.29, 1.82) is 0 Å². The highest BCUT2D eigenvalue weighted by Crippen LogP contribution is 2.41. The second-order valence-electron chi connectivity index (χ2n) is 11.6. The van der Waals surface area contributed by atoms with Crippen LogP contribution in [-0.2, 0) is 11.8 Å². The standard InChI is InChI=1S/C35H37ClF2N4O3S.C2H6/c1-6-20-13-29(42-32(33(20)45-7-2)25-10-19(3)26(37)15-27(25)38)35(4,23-14-30(36)46-17-23)18-41-34(43)21-11-22(16-40-24-8-9-24)31(39)28(12-21)44-5;1-2/h10-17,24H,6-9,18,39H2,1-5H3,(H,41,43);1-2H3. The van der Waals surface area contributed by atoms with Gasteiger partial charge in [-0.25, -0.2) is 13.8 Å². The molecule has 0 aliphatic heterocycles. The fourth-order valence-corrected chi connectivity index (χ4v) is 6.24. The molecule has 3 N–H and O–H groups in total. The Morgan fingerprint density at radius 3 is 2.50 bits per heavy atom. The molecule has 1 saturated carbocycles. The van der Waals surface area contributed by atoms with Crippen molar-refractivity contribution in [3.05, 3.63) is 91.3 Å². The van der Waals surface area contributed by atoms with Gasteiger partial charge in [-0.05, 0) is 92.4 Å². The maximum absolute atomic E-state index is 15.4. The van der Waals surface area contributed by atoms with Crippen LogP contribution in [0.1, 0.15) is 85.8 Å². The smallest absolute Gasteiger partial charge is 0.251 e. The normalized spacial score (nSPS) is 13.9. The van der Waals surface area contributed by atoms with Crippen LogP contribution in [0.15, 0.2) is 46.8 Å². The monoisotopic (exact) mass is 696 g/mol. The molecule has 2 aromatic heterocycles. The maximum atomic E-state index is 15.4. The molecule has 1 unspecified atom stereocenters. The average Bonchev–Trinajstić information content (AvgIpc) is 3.82. The number of ether oxygens (including phenoxy) is 2. The molecule has 2 heterocycles. The Kier molecular flexibility index (Phi) is 12.2. The summed E-state index contributed by atoms with van der Waals surface area (Å²) in [6.07, 6.45) is 4.32. The van der Waals surface area contributed by atoms with Gasteiger partial charge < -0.3 is 20.5 Å². The van der Waals surface area contributed by atoms with Gasteiger partial charge >= 0.3 is 0 Å². The lowest BCUT2D eigenvalue weighted by atomic mass is 9.79. The fourth-order valence-electron chi connectivity index (χ4n) is 5.22. The predicted molar refractivity (Wildman–Crippen MR) is 192 cm³/mol. The molecule has 1 fully saturated rings. The first-order valence-corrected chi connectivity index (χ1v) is 17.4. The molecule has 0 saturated heterocycles. The number of anilines is 1. The molecule has 0 spiro atoms. The van der Waals surface area contributed by atoms with E-state index in [9.17, 15) is 9.18 Å². The van der Waals surface area contributed by atoms with Gasteiger partial charge in [-0.2, -0.15) is 0 Å². The highest BCUT2D eigenvalue weighted by atomic mass is 35.5. The highest BCUT2D eigenvalue weighted by molar-refractivity contribution is 7.14. The summed E-state index contributed by atoms with van der Waals surface area (Å²) in [5.74, 6) is -0.938. The number of carbonyl (C=O) groups is 1. The molecule has 4 aromatic rings. The Balaban J connectivity index is 0.00000255. The third kappa shape index (κ3) is 7.98. The average molecular weight is 697 g/mol. The van der Waals surface area contributed by atoms with Gasteiger partial charge in [0.15, 0.2) is 0 Å². The molecule has 5 rings (SSSR count). The molecule has 11 heteroatoms. The summed E-state index contributed by atoms with van der Waals surface area (Å²) in [6, 6.07) is 9.64. The first-order valence-electron chi connectivity index (χ1n) is 16.2. The molecule has 1 atom stereocenters. The summed E-state index contributed by atoms with van der Waals surface area (Å²) in [4.78, 5) is 23.2. The van der Waals surface area contributed by atoms with Crippen LogP contribution < -0.4 is 20.5 Å². The van der Waals surface area contributed by atoms with Gasteiger partial charge in [0.25, 0.3) is 5.91 Å². The summed E-state index contributed by atoms with van der Waals surface area (Å²) < 4.78 is 41.7. The number of pyridine rings is 1. The molecule has 1 aliphatic carbocycles. The number of carbonyl (C=O) groups excluding carboxylic acids is 1. The van der Waals surface area contributed by atoms with Gasteiger partial charge in [0.2, 0.25) is 0 Å². The largest absolute Gasteiger partial charge is 0.495 e. The van der Waals surface area contributed by atoms with Gasteiger partial charge in [-0.15, -0.1) is 11.3 Å². The van der Waals surface area contributed by atoms with Crippen LogP contribution in [0, 0.1) is 18.6 Å². The summed E-state index contributed by atoms with van der Waals surface area (Å²) in [7, 11) is 1.50. The van der Waals surface area contributed by atoms with Gasteiger partial charge in [0.1, 0.15) is 28.8 Å². The number of hydrogen-bond acceptors (Lipinski definition) is 7. The molecular formula is C37H43ClF2N4O3S. The number of nitrogens with zero attached hydrogens (tertiary/aromatic N) is 2. The Bertz CT molecular complexity index is 1810. The lowest BCUT2D eigenvalue weighted by Gasteiger charge is -2.31. The summed E-state index contributed by atoms with van der Waals surface area (Å²) >= 11 is 7.77. The van der Waals surface area contributed by atoms with E-state index in [1.54, 1.807) is 25.3 Å². The number of nitrogens with one attached hydrogen (secondary N) is 1. The van der Waals surface area contributed by atoms with Crippen molar-refractivity contribution < 1.29 is 23.0 Å². The second kappa shape index (κ2) is 15.9. The van der Waals surface area contributed by atoms with Crippen LogP contribution >= 0.6 is 22.9 Å². The maximum Gasteiger partial charge on any atom is 0.251 e. The minimum Gasteiger partial charge on any atom is -0.495 e. The molecule has 2 aromatic carbocycles. The van der Waals surface area contributed by atoms with E-state index in [4.69, 9.17) is 31.8 Å². The molecular weight excluding hydrogens is 654 g/mol. The van der Waals surface area contributed by atoms with E-state index < -0.39 is 17.0 Å². The number of halogens is 3. The van der Waals surface area contributed by atoms with Crippen LogP contribution in [0.2, 0.25) is 4.34 Å². The summed E-state index contributed by atoms with van der Waals surface area (Å²) in [6.45, 7) is 11.8. The third-order valence-electron chi connectivity index (χ3n) is 8.22. The number of aromatic nitrogens is 1. The fraction of sp³-hybridized carbons (Fsp3) is 0.378. The van der Waals surface area contributed by atoms with Crippen molar-refractivity contribution in [2.75, 3.05) is 26.0 Å². The van der Waals surface area contributed by atoms with Crippen molar-refractivity contribution in [2.45, 2.75) is 72.3 Å². The van der Waals surface area contributed by atoms with E-state index in [0.29, 0.717) is 51.4 Å². The van der Waals surface area contributed by atoms with Crippen molar-refractivity contribution in [3.63, 3.8) is 0 Å². The number of aryl methyl sites for hydroxylation is 2. The number of hydrogen-bond donors (Lipinski definition) is 2. The number of nitrogens with two attached hydrogens (primary N) is 1. The zero-order chi connectivity index (χ0) is 35.2.